The van der Waals surface area contributed by atoms with E-state index >= 15 is 0 Å². The Morgan fingerprint density at radius 1 is 0.862 bits per heavy atom. The van der Waals surface area contributed by atoms with Gasteiger partial charge in [0.1, 0.15) is 5.75 Å². The first-order valence-electron chi connectivity index (χ1n) is 9.13. The topological polar surface area (TPSA) is 107 Å². The predicted octanol–water partition coefficient (Wildman–Crippen LogP) is 1.75. The highest BCUT2D eigenvalue weighted by Gasteiger charge is 2.50. The highest BCUT2D eigenvalue weighted by Crippen LogP contribution is 2.30. The third kappa shape index (κ3) is 6.43. The van der Waals surface area contributed by atoms with Crippen LogP contribution in [0.15, 0.2) is 24.3 Å². The van der Waals surface area contributed by atoms with Crippen LogP contribution in [0.2, 0.25) is 0 Å². The van der Waals surface area contributed by atoms with Crippen molar-refractivity contribution in [2.24, 2.45) is 0 Å². The van der Waals surface area contributed by atoms with Crippen LogP contribution in [0.3, 0.4) is 0 Å². The molecule has 0 radical (unpaired) electrons. The number of methoxy groups -OCH3 is 1. The lowest BCUT2D eigenvalue weighted by Gasteiger charge is -2.43. The van der Waals surface area contributed by atoms with Crippen LogP contribution in [0.4, 0.5) is 0 Å². The van der Waals surface area contributed by atoms with Crippen LogP contribution in [0.25, 0.3) is 0 Å². The van der Waals surface area contributed by atoms with Crippen molar-refractivity contribution in [3.63, 3.8) is 0 Å². The number of benzene rings is 1. The highest BCUT2D eigenvalue weighted by molar-refractivity contribution is 5.68. The van der Waals surface area contributed by atoms with E-state index in [1.54, 1.807) is 26.2 Å². The van der Waals surface area contributed by atoms with E-state index in [2.05, 4.69) is 0 Å². The third-order valence-electron chi connectivity index (χ3n) is 4.21. The van der Waals surface area contributed by atoms with Crippen LogP contribution in [0, 0.1) is 0 Å². The fourth-order valence-electron chi connectivity index (χ4n) is 3.00. The van der Waals surface area contributed by atoms with Crippen molar-refractivity contribution in [1.29, 1.82) is 0 Å². The van der Waals surface area contributed by atoms with Gasteiger partial charge in [0.15, 0.2) is 24.6 Å². The SMILES string of the molecule is COc1ccc(CO[C@@H]2O[C@@H](C)[C@H](OC(C)=O)[C@@H](OC(C)=O)[C@H]2OC(C)=O)cc1. The Morgan fingerprint density at radius 3 is 1.90 bits per heavy atom. The van der Waals surface area contributed by atoms with Gasteiger partial charge in [-0.25, -0.2) is 0 Å². The molecule has 9 heteroatoms. The van der Waals surface area contributed by atoms with Gasteiger partial charge in [-0.05, 0) is 24.6 Å². The van der Waals surface area contributed by atoms with Gasteiger partial charge >= 0.3 is 17.9 Å². The van der Waals surface area contributed by atoms with Crippen LogP contribution in [-0.2, 0) is 44.7 Å². The fourth-order valence-corrected chi connectivity index (χ4v) is 3.00. The van der Waals surface area contributed by atoms with E-state index in [9.17, 15) is 14.4 Å². The molecule has 0 amide bonds. The molecule has 1 saturated heterocycles. The molecule has 0 aliphatic carbocycles. The number of hydrogen-bond acceptors (Lipinski definition) is 9. The van der Waals surface area contributed by atoms with Crippen molar-refractivity contribution in [1.82, 2.24) is 0 Å². The normalized spacial score (nSPS) is 26.3. The first-order valence-corrected chi connectivity index (χ1v) is 9.13. The Hall–Kier alpha value is -2.65. The highest BCUT2D eigenvalue weighted by atomic mass is 16.7. The number of ether oxygens (including phenoxy) is 6. The molecule has 1 heterocycles. The van der Waals surface area contributed by atoms with Gasteiger partial charge in [-0.3, -0.25) is 14.4 Å². The van der Waals surface area contributed by atoms with E-state index < -0.39 is 48.6 Å². The summed E-state index contributed by atoms with van der Waals surface area (Å²) < 4.78 is 32.7. The number of carbonyl (C=O) groups excluding carboxylic acids is 3. The molecular weight excluding hydrogens is 384 g/mol. The molecule has 0 unspecified atom stereocenters. The maximum Gasteiger partial charge on any atom is 0.303 e. The maximum atomic E-state index is 11.6. The molecule has 0 N–H and O–H groups in total. The van der Waals surface area contributed by atoms with E-state index in [0.717, 1.165) is 5.56 Å². The summed E-state index contributed by atoms with van der Waals surface area (Å²) in [6.45, 7) is 5.44. The molecule has 29 heavy (non-hydrogen) atoms. The largest absolute Gasteiger partial charge is 0.497 e. The molecule has 0 saturated carbocycles. The van der Waals surface area contributed by atoms with Crippen molar-refractivity contribution in [2.45, 2.75) is 65.0 Å². The minimum atomic E-state index is -1.12. The van der Waals surface area contributed by atoms with Gasteiger partial charge in [0.05, 0.1) is 19.8 Å². The fraction of sp³-hybridized carbons (Fsp3) is 0.550. The zero-order valence-corrected chi connectivity index (χ0v) is 17.1. The molecule has 1 fully saturated rings. The van der Waals surface area contributed by atoms with Gasteiger partial charge < -0.3 is 28.4 Å². The molecule has 160 valence electrons. The summed E-state index contributed by atoms with van der Waals surface area (Å²) in [7, 11) is 1.57. The second-order valence-electron chi connectivity index (χ2n) is 6.59. The van der Waals surface area contributed by atoms with Crippen LogP contribution in [-0.4, -0.2) is 55.7 Å². The number of hydrogen-bond donors (Lipinski definition) is 0. The predicted molar refractivity (Wildman–Crippen MR) is 98.8 cm³/mol. The number of esters is 3. The average molecular weight is 410 g/mol. The summed E-state index contributed by atoms with van der Waals surface area (Å²) in [5.74, 6) is -1.12. The van der Waals surface area contributed by atoms with Gasteiger partial charge in [-0.15, -0.1) is 0 Å². The Balaban J connectivity index is 2.22. The molecule has 0 aromatic heterocycles. The summed E-state index contributed by atoms with van der Waals surface area (Å²) in [6, 6.07) is 7.20. The summed E-state index contributed by atoms with van der Waals surface area (Å²) in [5.41, 5.74) is 0.828. The first-order chi connectivity index (χ1) is 13.7. The number of carbonyl (C=O) groups is 3. The lowest BCUT2D eigenvalue weighted by Crippen LogP contribution is -2.61. The van der Waals surface area contributed by atoms with E-state index in [1.165, 1.54) is 20.8 Å². The Morgan fingerprint density at radius 2 is 1.38 bits per heavy atom. The van der Waals surface area contributed by atoms with E-state index in [-0.39, 0.29) is 6.61 Å². The second kappa shape index (κ2) is 10.2. The lowest BCUT2D eigenvalue weighted by atomic mass is 9.99. The van der Waals surface area contributed by atoms with Crippen molar-refractivity contribution in [3.8, 4) is 5.75 Å². The average Bonchev–Trinajstić information content (AvgIpc) is 2.65. The standard InChI is InChI=1S/C20H26O9/c1-11-17(27-12(2)21)18(28-13(3)22)19(29-14(4)23)20(26-11)25-10-15-6-8-16(24-5)9-7-15/h6-9,11,17-20H,10H2,1-5H3/t11-,17-,18+,19+,20+/m0/s1. The van der Waals surface area contributed by atoms with Gasteiger partial charge in [0.2, 0.25) is 0 Å². The zero-order valence-electron chi connectivity index (χ0n) is 17.1. The van der Waals surface area contributed by atoms with Gasteiger partial charge in [0, 0.05) is 20.8 Å². The van der Waals surface area contributed by atoms with Crippen LogP contribution >= 0.6 is 0 Å². The Labute approximate surface area is 169 Å². The van der Waals surface area contributed by atoms with E-state index in [0.29, 0.717) is 5.75 Å². The number of rotatable bonds is 7. The van der Waals surface area contributed by atoms with Gasteiger partial charge in [0.25, 0.3) is 0 Å². The van der Waals surface area contributed by atoms with Crippen molar-refractivity contribution in [2.75, 3.05) is 7.11 Å². The van der Waals surface area contributed by atoms with Gasteiger partial charge in [-0.2, -0.15) is 0 Å². The van der Waals surface area contributed by atoms with Crippen molar-refractivity contribution >= 4 is 17.9 Å². The monoisotopic (exact) mass is 410 g/mol. The smallest absolute Gasteiger partial charge is 0.303 e. The molecule has 9 nitrogen and oxygen atoms in total. The molecule has 0 spiro atoms. The minimum Gasteiger partial charge on any atom is -0.497 e. The summed E-state index contributed by atoms with van der Waals surface area (Å²) in [4.78, 5) is 34.8. The van der Waals surface area contributed by atoms with Crippen molar-refractivity contribution in [3.05, 3.63) is 29.8 Å². The van der Waals surface area contributed by atoms with Crippen molar-refractivity contribution < 1.29 is 42.8 Å². The van der Waals surface area contributed by atoms with E-state index in [4.69, 9.17) is 28.4 Å². The van der Waals surface area contributed by atoms with E-state index in [1.807, 2.05) is 12.1 Å². The van der Waals surface area contributed by atoms with Crippen LogP contribution < -0.4 is 4.74 Å². The molecular formula is C20H26O9. The molecule has 1 aromatic rings. The van der Waals surface area contributed by atoms with Gasteiger partial charge in [-0.1, -0.05) is 12.1 Å². The second-order valence-corrected chi connectivity index (χ2v) is 6.59. The van der Waals surface area contributed by atoms with Crippen LogP contribution in [0.5, 0.6) is 5.75 Å². The quantitative estimate of drug-likeness (QED) is 0.491. The summed E-state index contributed by atoms with van der Waals surface area (Å²) >= 11 is 0. The Kier molecular flexibility index (Phi) is 7.98. The summed E-state index contributed by atoms with van der Waals surface area (Å²) in [6.07, 6.45) is -4.86. The molecule has 5 atom stereocenters. The maximum absolute atomic E-state index is 11.6. The molecule has 0 bridgehead atoms. The zero-order chi connectivity index (χ0) is 21.6. The first kappa shape index (κ1) is 22.6. The minimum absolute atomic E-state index is 0.143. The third-order valence-corrected chi connectivity index (χ3v) is 4.21. The Bertz CT molecular complexity index is 715. The molecule has 1 aromatic carbocycles. The molecule has 1 aliphatic heterocycles. The lowest BCUT2D eigenvalue weighted by molar-refractivity contribution is -0.303. The molecule has 2 rings (SSSR count). The molecule has 1 aliphatic rings. The summed E-state index contributed by atoms with van der Waals surface area (Å²) in [5, 5.41) is 0. The van der Waals surface area contributed by atoms with Crippen LogP contribution in [0.1, 0.15) is 33.3 Å².